The number of fused-ring (bicyclic) bond motifs is 1. The Bertz CT molecular complexity index is 1220. The second kappa shape index (κ2) is 6.51. The third-order valence-electron chi connectivity index (χ3n) is 4.48. The number of benzene rings is 1. The van der Waals surface area contributed by atoms with E-state index in [0.717, 1.165) is 11.4 Å². The van der Waals surface area contributed by atoms with Crippen LogP contribution in [0.25, 0.3) is 16.7 Å². The van der Waals surface area contributed by atoms with E-state index >= 15 is 0 Å². The summed E-state index contributed by atoms with van der Waals surface area (Å²) < 4.78 is 8.02. The van der Waals surface area contributed by atoms with Crippen molar-refractivity contribution in [3.05, 3.63) is 75.3 Å². The molecule has 4 aromatic rings. The Kier molecular flexibility index (Phi) is 4.16. The van der Waals surface area contributed by atoms with E-state index < -0.39 is 0 Å². The highest BCUT2D eigenvalue weighted by molar-refractivity contribution is 6.31. The van der Waals surface area contributed by atoms with E-state index in [1.807, 2.05) is 18.4 Å². The standard InChI is InChI=1S/C19H15ClN4O3/c1-11-7-14(12(2)24(11)18-5-6-27-22-18)17(25)9-23-10-21-16-4-3-13(20)8-15(16)19(23)26/h3-8,10H,9H2,1-2H3. The fourth-order valence-corrected chi connectivity index (χ4v) is 3.37. The predicted molar refractivity (Wildman–Crippen MR) is 101 cm³/mol. The van der Waals surface area contributed by atoms with Crippen molar-refractivity contribution in [1.82, 2.24) is 19.3 Å². The SMILES string of the molecule is Cc1cc(C(=O)Cn2cnc3ccc(Cl)cc3c2=O)c(C)n1-c1ccon1. The number of hydrogen-bond donors (Lipinski definition) is 0. The lowest BCUT2D eigenvalue weighted by molar-refractivity contribution is 0.0970. The number of Topliss-reactive ketones (excluding diaryl/α,β-unsaturated/α-hetero) is 1. The van der Waals surface area contributed by atoms with Gasteiger partial charge in [-0.2, -0.15) is 0 Å². The van der Waals surface area contributed by atoms with Gasteiger partial charge in [0, 0.05) is 28.0 Å². The number of ketones is 1. The van der Waals surface area contributed by atoms with Crippen LogP contribution in [-0.4, -0.2) is 25.1 Å². The van der Waals surface area contributed by atoms with Crippen LogP contribution >= 0.6 is 11.6 Å². The summed E-state index contributed by atoms with van der Waals surface area (Å²) in [7, 11) is 0. The van der Waals surface area contributed by atoms with E-state index in [1.165, 1.54) is 17.2 Å². The summed E-state index contributed by atoms with van der Waals surface area (Å²) in [5.74, 6) is 0.409. The van der Waals surface area contributed by atoms with Gasteiger partial charge in [0.25, 0.3) is 5.56 Å². The predicted octanol–water partition coefficient (Wildman–Crippen LogP) is 3.33. The molecule has 3 aromatic heterocycles. The van der Waals surface area contributed by atoms with E-state index in [4.69, 9.17) is 16.1 Å². The second-order valence-electron chi connectivity index (χ2n) is 6.24. The first kappa shape index (κ1) is 17.2. The molecule has 4 rings (SSSR count). The van der Waals surface area contributed by atoms with E-state index in [1.54, 1.807) is 30.3 Å². The average Bonchev–Trinajstić information content (AvgIpc) is 3.25. The summed E-state index contributed by atoms with van der Waals surface area (Å²) >= 11 is 5.98. The van der Waals surface area contributed by atoms with Gasteiger partial charge >= 0.3 is 0 Å². The van der Waals surface area contributed by atoms with Crippen LogP contribution in [0.5, 0.6) is 0 Å². The molecule has 0 aliphatic carbocycles. The summed E-state index contributed by atoms with van der Waals surface area (Å²) in [6.07, 6.45) is 2.86. The lowest BCUT2D eigenvalue weighted by Crippen LogP contribution is -2.25. The van der Waals surface area contributed by atoms with Gasteiger partial charge in [0.05, 0.1) is 23.8 Å². The van der Waals surface area contributed by atoms with Gasteiger partial charge in [-0.05, 0) is 38.1 Å². The van der Waals surface area contributed by atoms with Crippen LogP contribution in [0, 0.1) is 13.8 Å². The zero-order chi connectivity index (χ0) is 19.1. The van der Waals surface area contributed by atoms with Crippen molar-refractivity contribution in [3.8, 4) is 5.82 Å². The molecule has 0 atom stereocenters. The molecule has 136 valence electrons. The summed E-state index contributed by atoms with van der Waals surface area (Å²) in [5, 5.41) is 4.75. The van der Waals surface area contributed by atoms with Gasteiger partial charge in [0.1, 0.15) is 6.26 Å². The molecular formula is C19H15ClN4O3. The Labute approximate surface area is 158 Å². The minimum absolute atomic E-state index is 0.114. The number of carbonyl (C=O) groups excluding carboxylic acids is 1. The maximum Gasteiger partial charge on any atom is 0.261 e. The van der Waals surface area contributed by atoms with Gasteiger partial charge in [0.2, 0.25) is 0 Å². The van der Waals surface area contributed by atoms with E-state index in [9.17, 15) is 9.59 Å². The van der Waals surface area contributed by atoms with Gasteiger partial charge in [-0.1, -0.05) is 16.8 Å². The largest absolute Gasteiger partial charge is 0.363 e. The molecule has 0 saturated heterocycles. The fraction of sp³-hybridized carbons (Fsp3) is 0.158. The maximum absolute atomic E-state index is 12.9. The quantitative estimate of drug-likeness (QED) is 0.505. The zero-order valence-electron chi connectivity index (χ0n) is 14.6. The lowest BCUT2D eigenvalue weighted by Gasteiger charge is -2.07. The average molecular weight is 383 g/mol. The maximum atomic E-state index is 12.9. The smallest absolute Gasteiger partial charge is 0.261 e. The topological polar surface area (TPSA) is 82.9 Å². The number of nitrogens with zero attached hydrogens (tertiary/aromatic N) is 4. The molecule has 0 bridgehead atoms. The molecule has 27 heavy (non-hydrogen) atoms. The Hall–Kier alpha value is -3.19. The van der Waals surface area contributed by atoms with Gasteiger partial charge in [-0.3, -0.25) is 18.7 Å². The summed E-state index contributed by atoms with van der Waals surface area (Å²) in [5.41, 5.74) is 2.34. The van der Waals surface area contributed by atoms with Crippen LogP contribution in [0.3, 0.4) is 0 Å². The van der Waals surface area contributed by atoms with Gasteiger partial charge in [-0.15, -0.1) is 0 Å². The molecule has 0 saturated carbocycles. The fourth-order valence-electron chi connectivity index (χ4n) is 3.20. The van der Waals surface area contributed by atoms with Crippen molar-refractivity contribution in [2.45, 2.75) is 20.4 Å². The van der Waals surface area contributed by atoms with Crippen LogP contribution in [0.4, 0.5) is 0 Å². The van der Waals surface area contributed by atoms with Crippen molar-refractivity contribution >= 4 is 28.3 Å². The molecule has 3 heterocycles. The first-order chi connectivity index (χ1) is 13.0. The highest BCUT2D eigenvalue weighted by Crippen LogP contribution is 2.20. The summed E-state index contributed by atoms with van der Waals surface area (Å²) in [6, 6.07) is 8.41. The molecular weight excluding hydrogens is 368 g/mol. The van der Waals surface area contributed by atoms with E-state index in [2.05, 4.69) is 10.1 Å². The van der Waals surface area contributed by atoms with Crippen LogP contribution in [0.2, 0.25) is 5.02 Å². The molecule has 0 unspecified atom stereocenters. The van der Waals surface area contributed by atoms with Crippen molar-refractivity contribution in [2.75, 3.05) is 0 Å². The molecule has 7 nitrogen and oxygen atoms in total. The van der Waals surface area contributed by atoms with Crippen LogP contribution in [-0.2, 0) is 6.54 Å². The zero-order valence-corrected chi connectivity index (χ0v) is 15.4. The van der Waals surface area contributed by atoms with Gasteiger partial charge in [-0.25, -0.2) is 4.98 Å². The molecule has 0 radical (unpaired) electrons. The Morgan fingerprint density at radius 2 is 2.04 bits per heavy atom. The van der Waals surface area contributed by atoms with Crippen molar-refractivity contribution in [1.29, 1.82) is 0 Å². The van der Waals surface area contributed by atoms with Gasteiger partial charge < -0.3 is 4.52 Å². The normalized spacial score (nSPS) is 11.2. The number of aromatic nitrogens is 4. The molecule has 0 aliphatic rings. The number of aryl methyl sites for hydroxylation is 1. The highest BCUT2D eigenvalue weighted by atomic mass is 35.5. The Balaban J connectivity index is 1.71. The third-order valence-corrected chi connectivity index (χ3v) is 4.72. The Morgan fingerprint density at radius 3 is 2.78 bits per heavy atom. The van der Waals surface area contributed by atoms with Gasteiger partial charge in [0.15, 0.2) is 11.6 Å². The van der Waals surface area contributed by atoms with Crippen LogP contribution < -0.4 is 5.56 Å². The molecule has 0 fully saturated rings. The summed E-state index contributed by atoms with van der Waals surface area (Å²) in [6.45, 7) is 3.59. The molecule has 8 heteroatoms. The monoisotopic (exact) mass is 382 g/mol. The minimum atomic E-state index is -0.304. The molecule has 0 aliphatic heterocycles. The highest BCUT2D eigenvalue weighted by Gasteiger charge is 2.19. The van der Waals surface area contributed by atoms with Crippen molar-refractivity contribution in [3.63, 3.8) is 0 Å². The first-order valence-electron chi connectivity index (χ1n) is 8.23. The van der Waals surface area contributed by atoms with E-state index in [-0.39, 0.29) is 17.9 Å². The number of carbonyl (C=O) groups is 1. The minimum Gasteiger partial charge on any atom is -0.363 e. The van der Waals surface area contributed by atoms with Crippen molar-refractivity contribution in [2.24, 2.45) is 0 Å². The van der Waals surface area contributed by atoms with Crippen LogP contribution in [0.1, 0.15) is 21.7 Å². The summed E-state index contributed by atoms with van der Waals surface area (Å²) in [4.78, 5) is 29.8. The molecule has 0 spiro atoms. The van der Waals surface area contributed by atoms with E-state index in [0.29, 0.717) is 27.3 Å². The second-order valence-corrected chi connectivity index (χ2v) is 6.68. The number of halogens is 1. The Morgan fingerprint density at radius 1 is 1.22 bits per heavy atom. The van der Waals surface area contributed by atoms with Crippen molar-refractivity contribution < 1.29 is 9.32 Å². The molecule has 1 aromatic carbocycles. The lowest BCUT2D eigenvalue weighted by atomic mass is 10.1. The molecule has 0 N–H and O–H groups in total. The van der Waals surface area contributed by atoms with Crippen LogP contribution in [0.15, 0.2) is 52.2 Å². The number of rotatable bonds is 4. The number of hydrogen-bond acceptors (Lipinski definition) is 5. The third kappa shape index (κ3) is 2.96. The molecule has 0 amide bonds. The first-order valence-corrected chi connectivity index (χ1v) is 8.61.